The molecule has 1 aliphatic rings. The van der Waals surface area contributed by atoms with E-state index in [1.54, 1.807) is 13.8 Å². The molecular formula is C20H34N4O7. The Kier molecular flexibility index (Phi) is 8.85. The molecule has 1 amide bonds. The lowest BCUT2D eigenvalue weighted by molar-refractivity contribution is -0.168. The molecule has 176 valence electrons. The number of hydrogen-bond donors (Lipinski definition) is 5. The monoisotopic (exact) mass is 442 g/mol. The summed E-state index contributed by atoms with van der Waals surface area (Å²) in [4.78, 5) is 64.0. The van der Waals surface area contributed by atoms with E-state index < -0.39 is 65.4 Å². The zero-order valence-corrected chi connectivity index (χ0v) is 18.4. The van der Waals surface area contributed by atoms with Gasteiger partial charge in [0.1, 0.15) is 0 Å². The van der Waals surface area contributed by atoms with Crippen LogP contribution < -0.4 is 17.2 Å². The fourth-order valence-electron chi connectivity index (χ4n) is 4.05. The van der Waals surface area contributed by atoms with Gasteiger partial charge < -0.3 is 32.3 Å². The van der Waals surface area contributed by atoms with E-state index in [4.69, 9.17) is 22.3 Å². The van der Waals surface area contributed by atoms with Crippen molar-refractivity contribution in [2.75, 3.05) is 6.54 Å². The molecule has 0 aromatic heterocycles. The zero-order valence-electron chi connectivity index (χ0n) is 18.4. The molecule has 5 unspecified atom stereocenters. The first-order valence-corrected chi connectivity index (χ1v) is 10.3. The Labute approximate surface area is 181 Å². The van der Waals surface area contributed by atoms with E-state index in [0.29, 0.717) is 0 Å². The molecule has 1 heterocycles. The van der Waals surface area contributed by atoms with Crippen molar-refractivity contribution in [3.05, 3.63) is 0 Å². The highest BCUT2D eigenvalue weighted by molar-refractivity contribution is 6.17. The van der Waals surface area contributed by atoms with Gasteiger partial charge in [-0.3, -0.25) is 19.2 Å². The standard InChI is InChI=1S/C20H34N4O7/c1-9(2)7-12(21)16(27)11-5-6-24(18(29)15(23)10(3)4)20(11,19(30)31)17(28)13(22)8-14(25)26/h9-13,15H,5-8,21-23H2,1-4H3,(H,25,26)(H,30,31). The second-order valence-electron chi connectivity index (χ2n) is 8.88. The number of carboxylic acid groups (broad SMARTS) is 2. The van der Waals surface area contributed by atoms with E-state index in [2.05, 4.69) is 0 Å². The molecule has 0 radical (unpaired) electrons. The summed E-state index contributed by atoms with van der Waals surface area (Å²) in [6.07, 6.45) is -0.732. The maximum Gasteiger partial charge on any atom is 0.338 e. The number of carbonyl (C=O) groups excluding carboxylic acids is 3. The summed E-state index contributed by atoms with van der Waals surface area (Å²) in [5.74, 6) is -7.71. The molecule has 11 heteroatoms. The molecule has 5 atom stereocenters. The fraction of sp³-hybridized carbons (Fsp3) is 0.750. The van der Waals surface area contributed by atoms with E-state index in [0.717, 1.165) is 4.90 Å². The lowest BCUT2D eigenvalue weighted by atomic mass is 9.73. The highest BCUT2D eigenvalue weighted by Crippen LogP contribution is 2.40. The zero-order chi connectivity index (χ0) is 24.3. The summed E-state index contributed by atoms with van der Waals surface area (Å²) in [7, 11) is 0. The van der Waals surface area contributed by atoms with Crippen LogP contribution in [0.3, 0.4) is 0 Å². The minimum Gasteiger partial charge on any atom is -0.481 e. The first-order valence-electron chi connectivity index (χ1n) is 10.3. The third kappa shape index (κ3) is 5.28. The number of carboxylic acids is 2. The van der Waals surface area contributed by atoms with Gasteiger partial charge in [0, 0.05) is 6.54 Å². The van der Waals surface area contributed by atoms with Crippen LogP contribution in [0.2, 0.25) is 0 Å². The topological polar surface area (TPSA) is 207 Å². The largest absolute Gasteiger partial charge is 0.481 e. The number of likely N-dealkylation sites (tertiary alicyclic amines) is 1. The molecule has 1 rings (SSSR count). The third-order valence-electron chi connectivity index (χ3n) is 5.71. The predicted octanol–water partition coefficient (Wildman–Crippen LogP) is -1.04. The normalized spacial score (nSPS) is 24.2. The number of hydrogen-bond acceptors (Lipinski definition) is 8. The molecule has 11 nitrogen and oxygen atoms in total. The predicted molar refractivity (Wildman–Crippen MR) is 111 cm³/mol. The summed E-state index contributed by atoms with van der Waals surface area (Å²) < 4.78 is 0. The second-order valence-corrected chi connectivity index (χ2v) is 8.88. The lowest BCUT2D eigenvalue weighted by Crippen LogP contribution is -2.69. The van der Waals surface area contributed by atoms with Gasteiger partial charge in [-0.25, -0.2) is 4.79 Å². The molecule has 0 aromatic carbocycles. The molecule has 1 aliphatic heterocycles. The van der Waals surface area contributed by atoms with Gasteiger partial charge in [0.2, 0.25) is 11.4 Å². The Morgan fingerprint density at radius 1 is 1.00 bits per heavy atom. The van der Waals surface area contributed by atoms with Gasteiger partial charge in [0.05, 0.1) is 30.5 Å². The number of carbonyl (C=O) groups is 5. The Morgan fingerprint density at radius 2 is 1.55 bits per heavy atom. The molecule has 0 aliphatic carbocycles. The minimum atomic E-state index is -2.66. The molecule has 0 saturated carbocycles. The summed E-state index contributed by atoms with van der Waals surface area (Å²) >= 11 is 0. The van der Waals surface area contributed by atoms with Crippen LogP contribution in [0.1, 0.15) is 47.0 Å². The summed E-state index contributed by atoms with van der Waals surface area (Å²) in [6.45, 7) is 6.75. The van der Waals surface area contributed by atoms with Crippen molar-refractivity contribution in [1.82, 2.24) is 4.90 Å². The van der Waals surface area contributed by atoms with Crippen LogP contribution in [0.4, 0.5) is 0 Å². The van der Waals surface area contributed by atoms with Crippen LogP contribution in [0, 0.1) is 17.8 Å². The van der Waals surface area contributed by atoms with Gasteiger partial charge in [-0.1, -0.05) is 27.7 Å². The van der Waals surface area contributed by atoms with Crippen molar-refractivity contribution in [3.8, 4) is 0 Å². The number of nitrogens with two attached hydrogens (primary N) is 3. The average Bonchev–Trinajstić information content (AvgIpc) is 3.05. The van der Waals surface area contributed by atoms with E-state index in [-0.39, 0.29) is 31.2 Å². The quantitative estimate of drug-likeness (QED) is 0.245. The molecule has 0 aromatic rings. The second kappa shape index (κ2) is 10.3. The van der Waals surface area contributed by atoms with Gasteiger partial charge in [-0.2, -0.15) is 0 Å². The first kappa shape index (κ1) is 26.7. The van der Waals surface area contributed by atoms with E-state index in [9.17, 15) is 29.1 Å². The molecule has 0 bridgehead atoms. The number of amides is 1. The molecule has 31 heavy (non-hydrogen) atoms. The van der Waals surface area contributed by atoms with Crippen LogP contribution in [0.25, 0.3) is 0 Å². The number of rotatable bonds is 11. The summed E-state index contributed by atoms with van der Waals surface area (Å²) in [5, 5.41) is 19.2. The summed E-state index contributed by atoms with van der Waals surface area (Å²) in [6, 6.07) is -3.92. The third-order valence-corrected chi connectivity index (χ3v) is 5.71. The van der Waals surface area contributed by atoms with E-state index >= 15 is 0 Å². The minimum absolute atomic E-state index is 0.0247. The lowest BCUT2D eigenvalue weighted by Gasteiger charge is -2.40. The van der Waals surface area contributed by atoms with Gasteiger partial charge >= 0.3 is 11.9 Å². The Hall–Kier alpha value is -2.37. The van der Waals surface area contributed by atoms with Crippen LogP contribution in [0.15, 0.2) is 0 Å². The van der Waals surface area contributed by atoms with Crippen molar-refractivity contribution in [3.63, 3.8) is 0 Å². The fourth-order valence-corrected chi connectivity index (χ4v) is 4.05. The van der Waals surface area contributed by atoms with E-state index in [1.165, 1.54) is 0 Å². The van der Waals surface area contributed by atoms with Gasteiger partial charge in [0.15, 0.2) is 11.6 Å². The molecule has 1 fully saturated rings. The first-order chi connectivity index (χ1) is 14.2. The van der Waals surface area contributed by atoms with Crippen molar-refractivity contribution in [1.29, 1.82) is 0 Å². The molecule has 1 saturated heterocycles. The molecule has 0 spiro atoms. The Balaban J connectivity index is 3.61. The summed E-state index contributed by atoms with van der Waals surface area (Å²) in [5.41, 5.74) is 15.0. The SMILES string of the molecule is CC(C)CC(N)C(=O)C1CCN(C(=O)C(N)C(C)C)C1(C(=O)O)C(=O)C(N)CC(=O)O. The number of aliphatic carboxylic acids is 2. The molecular weight excluding hydrogens is 408 g/mol. The maximum atomic E-state index is 13.3. The smallest absolute Gasteiger partial charge is 0.338 e. The van der Waals surface area contributed by atoms with Crippen molar-refractivity contribution >= 4 is 29.4 Å². The van der Waals surface area contributed by atoms with Crippen molar-refractivity contribution in [2.45, 2.75) is 70.6 Å². The maximum absolute atomic E-state index is 13.3. The number of nitrogens with zero attached hydrogens (tertiary/aromatic N) is 1. The van der Waals surface area contributed by atoms with Crippen LogP contribution in [-0.2, 0) is 24.0 Å². The molecule has 8 N–H and O–H groups in total. The van der Waals surface area contributed by atoms with Crippen LogP contribution in [-0.4, -0.2) is 74.7 Å². The van der Waals surface area contributed by atoms with Gasteiger partial charge in [-0.15, -0.1) is 0 Å². The highest BCUT2D eigenvalue weighted by Gasteiger charge is 2.65. The van der Waals surface area contributed by atoms with E-state index in [1.807, 2.05) is 13.8 Å². The Bertz CT molecular complexity index is 739. The van der Waals surface area contributed by atoms with Crippen LogP contribution in [0.5, 0.6) is 0 Å². The van der Waals surface area contributed by atoms with Gasteiger partial charge in [-0.05, 0) is 24.7 Å². The van der Waals surface area contributed by atoms with Crippen LogP contribution >= 0.6 is 0 Å². The van der Waals surface area contributed by atoms with Gasteiger partial charge in [0.25, 0.3) is 0 Å². The van der Waals surface area contributed by atoms with Crippen molar-refractivity contribution < 1.29 is 34.2 Å². The number of ketones is 2. The highest BCUT2D eigenvalue weighted by atomic mass is 16.4. The number of Topliss-reactive ketones (excluding diaryl/α,β-unsaturated/α-hetero) is 2. The Morgan fingerprint density at radius 3 is 1.97 bits per heavy atom. The average molecular weight is 443 g/mol. The van der Waals surface area contributed by atoms with Crippen molar-refractivity contribution in [2.24, 2.45) is 35.0 Å².